The Morgan fingerprint density at radius 2 is 1.86 bits per heavy atom. The van der Waals surface area contributed by atoms with Gasteiger partial charge in [0.05, 0.1) is 6.61 Å². The second kappa shape index (κ2) is 10.3. The summed E-state index contributed by atoms with van der Waals surface area (Å²) >= 11 is 0. The zero-order valence-electron chi connectivity index (χ0n) is 9.13. The van der Waals surface area contributed by atoms with Crippen LogP contribution in [0.25, 0.3) is 0 Å². The van der Waals surface area contributed by atoms with Crippen molar-refractivity contribution in [1.82, 2.24) is 6.15 Å². The predicted molar refractivity (Wildman–Crippen MR) is 62.1 cm³/mol. The summed E-state index contributed by atoms with van der Waals surface area (Å²) in [4.78, 5) is 10.6. The molecule has 0 aromatic rings. The maximum atomic E-state index is 10.6. The van der Waals surface area contributed by atoms with Crippen molar-refractivity contribution in [3.63, 3.8) is 0 Å². The average Bonchev–Trinajstić information content (AvgIpc) is 2.03. The van der Waals surface area contributed by atoms with Gasteiger partial charge in [0.25, 0.3) is 0 Å². The summed E-state index contributed by atoms with van der Waals surface area (Å²) in [6.45, 7) is 9.88. The molecule has 3 N–H and O–H groups in total. The van der Waals surface area contributed by atoms with Crippen LogP contribution >= 0.6 is 12.4 Å². The Morgan fingerprint density at radius 3 is 2.21 bits per heavy atom. The minimum Gasteiger partial charge on any atom is -0.462 e. The fourth-order valence-corrected chi connectivity index (χ4v) is 0.614. The third kappa shape index (κ3) is 9.29. The quantitative estimate of drug-likeness (QED) is 0.451. The molecule has 0 aromatic carbocycles. The van der Waals surface area contributed by atoms with Gasteiger partial charge in [-0.1, -0.05) is 17.7 Å². The standard InChI is InChI=1S/C10H16O2.ClH.H3N/c1-5-10(11)12-7-6-9(4)8(2)3;;/h5H,1,6-7H2,2-4H3;1H;1H3. The summed E-state index contributed by atoms with van der Waals surface area (Å²) in [5, 5.41) is 0. The number of hydrogen-bond donors (Lipinski definition) is 1. The van der Waals surface area contributed by atoms with E-state index in [2.05, 4.69) is 6.58 Å². The summed E-state index contributed by atoms with van der Waals surface area (Å²) in [6, 6.07) is 0. The molecule has 0 saturated carbocycles. The third-order valence-corrected chi connectivity index (χ3v) is 1.74. The summed E-state index contributed by atoms with van der Waals surface area (Å²) < 4.78 is 4.82. The van der Waals surface area contributed by atoms with Crippen LogP contribution in [-0.4, -0.2) is 12.6 Å². The number of esters is 1. The Balaban J connectivity index is -0.000000605. The van der Waals surface area contributed by atoms with E-state index in [0.29, 0.717) is 6.61 Å². The van der Waals surface area contributed by atoms with Crippen LogP contribution in [0, 0.1) is 0 Å². The molecule has 84 valence electrons. The minimum absolute atomic E-state index is 0. The lowest BCUT2D eigenvalue weighted by Crippen LogP contribution is -2.02. The summed E-state index contributed by atoms with van der Waals surface area (Å²) in [6.07, 6.45) is 1.99. The van der Waals surface area contributed by atoms with Crippen LogP contribution in [0.5, 0.6) is 0 Å². The first kappa shape index (κ1) is 18.9. The molecule has 0 unspecified atom stereocenters. The molecule has 0 bridgehead atoms. The molecule has 0 heterocycles. The molecule has 0 radical (unpaired) electrons. The van der Waals surface area contributed by atoms with Crippen LogP contribution in [0.1, 0.15) is 27.2 Å². The number of carbonyl (C=O) groups is 1. The van der Waals surface area contributed by atoms with Gasteiger partial charge in [-0.2, -0.15) is 0 Å². The van der Waals surface area contributed by atoms with Crippen molar-refractivity contribution in [3.05, 3.63) is 23.8 Å². The minimum atomic E-state index is -0.350. The van der Waals surface area contributed by atoms with E-state index in [-0.39, 0.29) is 24.5 Å². The third-order valence-electron chi connectivity index (χ3n) is 1.74. The number of rotatable bonds is 4. The summed E-state index contributed by atoms with van der Waals surface area (Å²) in [7, 11) is 0. The van der Waals surface area contributed by atoms with Crippen LogP contribution in [-0.2, 0) is 9.53 Å². The van der Waals surface area contributed by atoms with Gasteiger partial charge in [0, 0.05) is 12.5 Å². The smallest absolute Gasteiger partial charge is 0.330 e. The zero-order chi connectivity index (χ0) is 9.56. The SMILES string of the molecule is C=CC(=O)OCCC(C)=C(C)C.Cl.N. The molecular weight excluding hydrogens is 202 g/mol. The van der Waals surface area contributed by atoms with E-state index in [1.807, 2.05) is 20.8 Å². The fraction of sp³-hybridized carbons (Fsp3) is 0.500. The first-order valence-electron chi connectivity index (χ1n) is 4.00. The van der Waals surface area contributed by atoms with Crippen molar-refractivity contribution >= 4 is 18.4 Å². The van der Waals surface area contributed by atoms with Crippen LogP contribution in [0.15, 0.2) is 23.8 Å². The highest BCUT2D eigenvalue weighted by molar-refractivity contribution is 5.85. The van der Waals surface area contributed by atoms with Crippen LogP contribution < -0.4 is 6.15 Å². The highest BCUT2D eigenvalue weighted by Crippen LogP contribution is 2.06. The Hall–Kier alpha value is -0.800. The Morgan fingerprint density at radius 1 is 1.36 bits per heavy atom. The molecule has 0 aliphatic heterocycles. The number of hydrogen-bond acceptors (Lipinski definition) is 3. The van der Waals surface area contributed by atoms with Crippen LogP contribution in [0.2, 0.25) is 0 Å². The van der Waals surface area contributed by atoms with Gasteiger partial charge in [0.1, 0.15) is 0 Å². The molecule has 14 heavy (non-hydrogen) atoms. The van der Waals surface area contributed by atoms with E-state index in [9.17, 15) is 4.79 Å². The van der Waals surface area contributed by atoms with Gasteiger partial charge in [-0.05, 0) is 20.8 Å². The molecule has 0 rings (SSSR count). The van der Waals surface area contributed by atoms with Crippen LogP contribution in [0.4, 0.5) is 0 Å². The van der Waals surface area contributed by atoms with Gasteiger partial charge >= 0.3 is 5.97 Å². The maximum absolute atomic E-state index is 10.6. The maximum Gasteiger partial charge on any atom is 0.330 e. The second-order valence-electron chi connectivity index (χ2n) is 2.90. The van der Waals surface area contributed by atoms with Gasteiger partial charge < -0.3 is 10.9 Å². The van der Waals surface area contributed by atoms with Crippen molar-refractivity contribution in [2.45, 2.75) is 27.2 Å². The van der Waals surface area contributed by atoms with Crippen molar-refractivity contribution in [1.29, 1.82) is 0 Å². The number of ether oxygens (including phenoxy) is 1. The van der Waals surface area contributed by atoms with Gasteiger partial charge in [0.2, 0.25) is 0 Å². The lowest BCUT2D eigenvalue weighted by molar-refractivity contribution is -0.137. The second-order valence-corrected chi connectivity index (χ2v) is 2.90. The molecule has 0 aromatic heterocycles. The monoisotopic (exact) mass is 221 g/mol. The number of allylic oxidation sites excluding steroid dienone is 1. The summed E-state index contributed by atoms with van der Waals surface area (Å²) in [5.41, 5.74) is 2.55. The zero-order valence-corrected chi connectivity index (χ0v) is 9.95. The van der Waals surface area contributed by atoms with E-state index in [1.165, 1.54) is 17.2 Å². The Bertz CT molecular complexity index is 208. The first-order valence-corrected chi connectivity index (χ1v) is 4.00. The molecule has 0 aliphatic carbocycles. The Kier molecular flexibility index (Phi) is 13.9. The molecule has 0 saturated heterocycles. The number of carbonyl (C=O) groups excluding carboxylic acids is 1. The first-order chi connectivity index (χ1) is 5.57. The lowest BCUT2D eigenvalue weighted by Gasteiger charge is -2.03. The highest BCUT2D eigenvalue weighted by atomic mass is 35.5. The fourth-order valence-electron chi connectivity index (χ4n) is 0.614. The topological polar surface area (TPSA) is 61.3 Å². The molecule has 3 nitrogen and oxygen atoms in total. The highest BCUT2D eigenvalue weighted by Gasteiger charge is 1.96. The van der Waals surface area contributed by atoms with Gasteiger partial charge in [-0.15, -0.1) is 12.4 Å². The van der Waals surface area contributed by atoms with Crippen molar-refractivity contribution < 1.29 is 9.53 Å². The predicted octanol–water partition coefficient (Wildman–Crippen LogP) is 3.05. The van der Waals surface area contributed by atoms with Gasteiger partial charge in [-0.3, -0.25) is 0 Å². The normalized spacial score (nSPS) is 7.64. The molecule has 0 atom stereocenters. The molecular formula is C10H20ClNO2. The average molecular weight is 222 g/mol. The molecule has 0 amide bonds. The van der Waals surface area contributed by atoms with Crippen molar-refractivity contribution in [3.8, 4) is 0 Å². The van der Waals surface area contributed by atoms with E-state index >= 15 is 0 Å². The molecule has 0 spiro atoms. The molecule has 0 fully saturated rings. The number of halogens is 1. The van der Waals surface area contributed by atoms with E-state index < -0.39 is 0 Å². The van der Waals surface area contributed by atoms with Crippen LogP contribution in [0.3, 0.4) is 0 Å². The molecule has 4 heteroatoms. The largest absolute Gasteiger partial charge is 0.462 e. The van der Waals surface area contributed by atoms with E-state index in [4.69, 9.17) is 4.74 Å². The molecule has 0 aliphatic rings. The van der Waals surface area contributed by atoms with Gasteiger partial charge in [0.15, 0.2) is 0 Å². The Labute approximate surface area is 92.2 Å². The summed E-state index contributed by atoms with van der Waals surface area (Å²) in [5.74, 6) is -0.350. The van der Waals surface area contributed by atoms with Crippen molar-refractivity contribution in [2.24, 2.45) is 0 Å². The van der Waals surface area contributed by atoms with E-state index in [0.717, 1.165) is 6.42 Å². The van der Waals surface area contributed by atoms with Crippen molar-refractivity contribution in [2.75, 3.05) is 6.61 Å². The lowest BCUT2D eigenvalue weighted by atomic mass is 10.1. The van der Waals surface area contributed by atoms with E-state index in [1.54, 1.807) is 0 Å². The van der Waals surface area contributed by atoms with Gasteiger partial charge in [-0.25, -0.2) is 4.79 Å².